The molecule has 0 amide bonds. The summed E-state index contributed by atoms with van der Waals surface area (Å²) in [5.74, 6) is 1.07. The first-order chi connectivity index (χ1) is 10.9. The van der Waals surface area contributed by atoms with Crippen LogP contribution in [0.5, 0.6) is 0 Å². The van der Waals surface area contributed by atoms with Gasteiger partial charge >= 0.3 is 0 Å². The number of rotatable bonds is 6. The summed E-state index contributed by atoms with van der Waals surface area (Å²) >= 11 is 4.47. The van der Waals surface area contributed by atoms with Gasteiger partial charge in [0.05, 0.1) is 6.10 Å². The van der Waals surface area contributed by atoms with Gasteiger partial charge in [0.25, 0.3) is 0 Å². The van der Waals surface area contributed by atoms with E-state index in [1.54, 1.807) is 0 Å². The minimum Gasteiger partial charge on any atom is -0.390 e. The number of hydrogen-bond donors (Lipinski definition) is 2. The van der Waals surface area contributed by atoms with E-state index in [0.29, 0.717) is 29.9 Å². The second-order valence-corrected chi connectivity index (χ2v) is 8.43. The summed E-state index contributed by atoms with van der Waals surface area (Å²) in [5, 5.41) is 9.92. The van der Waals surface area contributed by atoms with E-state index in [4.69, 9.17) is 0 Å². The first-order valence-electron chi connectivity index (χ1n) is 9.27. The summed E-state index contributed by atoms with van der Waals surface area (Å²) in [6.07, 6.45) is 5.29. The lowest BCUT2D eigenvalue weighted by Crippen LogP contribution is -2.42. The number of hydrogen-bond acceptors (Lipinski definition) is 2. The second-order valence-electron chi connectivity index (χ2n) is 7.55. The molecule has 23 heavy (non-hydrogen) atoms. The molecule has 0 aromatic heterocycles. The van der Waals surface area contributed by atoms with Crippen molar-refractivity contribution in [2.24, 2.45) is 17.8 Å². The third-order valence-corrected chi connectivity index (χ3v) is 6.20. The molecule has 134 valence electrons. The molecule has 1 nitrogen and oxygen atoms in total. The van der Waals surface area contributed by atoms with Gasteiger partial charge in [0.1, 0.15) is 6.17 Å². The molecule has 0 spiro atoms. The van der Waals surface area contributed by atoms with Gasteiger partial charge in [-0.2, -0.15) is 12.6 Å². The zero-order chi connectivity index (χ0) is 17.0. The fourth-order valence-electron chi connectivity index (χ4n) is 4.36. The van der Waals surface area contributed by atoms with Crippen molar-refractivity contribution in [3.05, 3.63) is 11.6 Å². The van der Waals surface area contributed by atoms with Crippen molar-refractivity contribution in [2.75, 3.05) is 0 Å². The van der Waals surface area contributed by atoms with Crippen molar-refractivity contribution < 1.29 is 13.9 Å². The van der Waals surface area contributed by atoms with Crippen LogP contribution in [0.3, 0.4) is 0 Å². The van der Waals surface area contributed by atoms with Crippen LogP contribution in [0.25, 0.3) is 0 Å². The quantitative estimate of drug-likeness (QED) is 0.495. The molecule has 0 heterocycles. The van der Waals surface area contributed by atoms with Gasteiger partial charge in [-0.1, -0.05) is 31.9 Å². The largest absolute Gasteiger partial charge is 0.390 e. The van der Waals surface area contributed by atoms with Gasteiger partial charge in [-0.3, -0.25) is 0 Å². The van der Waals surface area contributed by atoms with Gasteiger partial charge in [0, 0.05) is 5.92 Å². The Kier molecular flexibility index (Phi) is 7.40. The van der Waals surface area contributed by atoms with Crippen molar-refractivity contribution in [2.45, 2.75) is 88.9 Å². The molecule has 7 atom stereocenters. The zero-order valence-electron chi connectivity index (χ0n) is 14.4. The molecule has 0 saturated heterocycles. The standard InChI is InChI=1S/C19H32F2OS/c1-3-13(5-4-12(2)23)14-6-8-15(9-7-14)16-10-11-17(22)19(21)18(16)20/h8,12-14,16-19,22-23H,3-7,9-11H2,1-2H3. The number of alkyl halides is 2. The Morgan fingerprint density at radius 1 is 1.22 bits per heavy atom. The summed E-state index contributed by atoms with van der Waals surface area (Å²) in [7, 11) is 0. The highest BCUT2D eigenvalue weighted by Crippen LogP contribution is 2.41. The Hall–Kier alpha value is -0.0900. The van der Waals surface area contributed by atoms with Gasteiger partial charge in [-0.15, -0.1) is 0 Å². The van der Waals surface area contributed by atoms with Crippen molar-refractivity contribution in [3.8, 4) is 0 Å². The molecular formula is C19H32F2OS. The van der Waals surface area contributed by atoms with E-state index >= 15 is 0 Å². The SMILES string of the molecule is CCC(CCC(C)S)C1CC=C(C2CCC(O)C(F)C2F)CC1. The molecule has 1 N–H and O–H groups in total. The summed E-state index contributed by atoms with van der Waals surface area (Å²) in [5.41, 5.74) is 1.10. The van der Waals surface area contributed by atoms with Gasteiger partial charge in [0.15, 0.2) is 6.17 Å². The fourth-order valence-corrected chi connectivity index (χ4v) is 4.51. The third kappa shape index (κ3) is 4.94. The maximum absolute atomic E-state index is 14.2. The van der Waals surface area contributed by atoms with Gasteiger partial charge in [0.2, 0.25) is 0 Å². The van der Waals surface area contributed by atoms with Crippen LogP contribution in [0.15, 0.2) is 11.6 Å². The minimum atomic E-state index is -1.72. The molecule has 2 aliphatic rings. The van der Waals surface area contributed by atoms with Gasteiger partial charge in [-0.05, 0) is 62.0 Å². The predicted molar refractivity (Wildman–Crippen MR) is 95.4 cm³/mol. The smallest absolute Gasteiger partial charge is 0.157 e. The summed E-state index contributed by atoms with van der Waals surface area (Å²) in [6.45, 7) is 4.39. The van der Waals surface area contributed by atoms with E-state index in [0.717, 1.165) is 31.3 Å². The van der Waals surface area contributed by atoms with Crippen LogP contribution in [0.4, 0.5) is 8.78 Å². The zero-order valence-corrected chi connectivity index (χ0v) is 15.3. The highest BCUT2D eigenvalue weighted by molar-refractivity contribution is 7.80. The summed E-state index contributed by atoms with van der Waals surface area (Å²) in [4.78, 5) is 0. The van der Waals surface area contributed by atoms with Crippen LogP contribution in [0, 0.1) is 17.8 Å². The Morgan fingerprint density at radius 2 is 1.96 bits per heavy atom. The number of thiol groups is 1. The van der Waals surface area contributed by atoms with E-state index in [1.807, 2.05) is 0 Å². The predicted octanol–water partition coefficient (Wildman–Crippen LogP) is 5.28. The van der Waals surface area contributed by atoms with Crippen molar-refractivity contribution >= 4 is 12.6 Å². The molecule has 0 aliphatic heterocycles. The normalized spacial score (nSPS) is 38.0. The van der Waals surface area contributed by atoms with Crippen LogP contribution < -0.4 is 0 Å². The lowest BCUT2D eigenvalue weighted by molar-refractivity contribution is -0.0271. The number of aliphatic hydroxyl groups is 1. The molecular weight excluding hydrogens is 314 g/mol. The molecule has 0 radical (unpaired) electrons. The Labute approximate surface area is 145 Å². The van der Waals surface area contributed by atoms with Gasteiger partial charge < -0.3 is 5.11 Å². The lowest BCUT2D eigenvalue weighted by atomic mass is 9.72. The molecule has 7 unspecified atom stereocenters. The van der Waals surface area contributed by atoms with Crippen molar-refractivity contribution in [3.63, 3.8) is 0 Å². The fraction of sp³-hybridized carbons (Fsp3) is 0.895. The van der Waals surface area contributed by atoms with Crippen LogP contribution in [0.2, 0.25) is 0 Å². The van der Waals surface area contributed by atoms with Gasteiger partial charge in [-0.25, -0.2) is 8.78 Å². The number of aliphatic hydroxyl groups excluding tert-OH is 1. The second kappa shape index (κ2) is 8.84. The van der Waals surface area contributed by atoms with Crippen molar-refractivity contribution in [1.29, 1.82) is 0 Å². The van der Waals surface area contributed by atoms with E-state index in [2.05, 4.69) is 32.6 Å². The highest BCUT2D eigenvalue weighted by atomic mass is 32.1. The number of halogens is 2. The first kappa shape index (κ1) is 19.2. The Morgan fingerprint density at radius 3 is 2.52 bits per heavy atom. The Bertz CT molecular complexity index is 399. The topological polar surface area (TPSA) is 20.2 Å². The molecule has 1 saturated carbocycles. The lowest BCUT2D eigenvalue weighted by Gasteiger charge is -2.37. The third-order valence-electron chi connectivity index (χ3n) is 5.94. The molecule has 0 bridgehead atoms. The summed E-state index contributed by atoms with van der Waals surface area (Å²) < 4.78 is 28.0. The molecule has 2 aliphatic carbocycles. The van der Waals surface area contributed by atoms with Crippen LogP contribution in [0.1, 0.15) is 65.2 Å². The molecule has 1 fully saturated rings. The van der Waals surface area contributed by atoms with E-state index < -0.39 is 18.4 Å². The van der Waals surface area contributed by atoms with Crippen LogP contribution >= 0.6 is 12.6 Å². The van der Waals surface area contributed by atoms with E-state index in [1.165, 1.54) is 12.8 Å². The Balaban J connectivity index is 1.92. The van der Waals surface area contributed by atoms with Crippen molar-refractivity contribution in [1.82, 2.24) is 0 Å². The van der Waals surface area contributed by atoms with Crippen LogP contribution in [-0.4, -0.2) is 28.8 Å². The average Bonchev–Trinajstić information content (AvgIpc) is 2.54. The average molecular weight is 347 g/mol. The maximum Gasteiger partial charge on any atom is 0.157 e. The monoisotopic (exact) mass is 346 g/mol. The molecule has 4 heteroatoms. The summed E-state index contributed by atoms with van der Waals surface area (Å²) in [6, 6.07) is 0. The maximum atomic E-state index is 14.2. The first-order valence-corrected chi connectivity index (χ1v) is 9.78. The van der Waals surface area contributed by atoms with E-state index in [-0.39, 0.29) is 5.92 Å². The molecule has 0 aromatic carbocycles. The minimum absolute atomic E-state index is 0.313. The number of allylic oxidation sites excluding steroid dienone is 2. The van der Waals surface area contributed by atoms with E-state index in [9.17, 15) is 13.9 Å². The molecule has 2 rings (SSSR count). The van der Waals surface area contributed by atoms with Crippen LogP contribution in [-0.2, 0) is 0 Å². The highest BCUT2D eigenvalue weighted by Gasteiger charge is 2.41. The molecule has 0 aromatic rings.